The molecule has 2 rings (SSSR count). The summed E-state index contributed by atoms with van der Waals surface area (Å²) in [5, 5.41) is 2.71. The van der Waals surface area contributed by atoms with Crippen molar-refractivity contribution < 1.29 is 13.2 Å². The quantitative estimate of drug-likeness (QED) is 0.854. The highest BCUT2D eigenvalue weighted by Crippen LogP contribution is 2.24. The number of nitrogens with zero attached hydrogens (tertiary/aromatic N) is 1. The van der Waals surface area contributed by atoms with Crippen LogP contribution >= 0.6 is 0 Å². The maximum Gasteiger partial charge on any atom is 0.280 e. The Morgan fingerprint density at radius 3 is 2.46 bits per heavy atom. The topological polar surface area (TPSA) is 78.5 Å². The smallest absolute Gasteiger partial charge is 0.280 e. The van der Waals surface area contributed by atoms with E-state index in [9.17, 15) is 13.2 Å². The summed E-state index contributed by atoms with van der Waals surface area (Å²) in [6.45, 7) is 8.52. The van der Waals surface area contributed by atoms with E-state index < -0.39 is 10.2 Å². The van der Waals surface area contributed by atoms with Crippen LogP contribution in [0.3, 0.4) is 0 Å². The molecule has 2 N–H and O–H groups in total. The van der Waals surface area contributed by atoms with Gasteiger partial charge < -0.3 is 5.32 Å². The van der Waals surface area contributed by atoms with Crippen LogP contribution in [0.2, 0.25) is 0 Å². The Balaban J connectivity index is 2.10. The molecule has 24 heavy (non-hydrogen) atoms. The Morgan fingerprint density at radius 1 is 1.25 bits per heavy atom. The molecule has 0 radical (unpaired) electrons. The zero-order chi connectivity index (χ0) is 17.9. The molecule has 134 valence electrons. The second-order valence-corrected chi connectivity index (χ2v) is 8.62. The van der Waals surface area contributed by atoms with Gasteiger partial charge in [-0.15, -0.1) is 0 Å². The Kier molecular flexibility index (Phi) is 6.01. The molecule has 6 nitrogen and oxygen atoms in total. The van der Waals surface area contributed by atoms with Crippen molar-refractivity contribution in [3.63, 3.8) is 0 Å². The molecule has 0 spiro atoms. The first kappa shape index (κ1) is 18.9. The first-order valence-electron chi connectivity index (χ1n) is 8.32. The van der Waals surface area contributed by atoms with Gasteiger partial charge >= 0.3 is 0 Å². The fourth-order valence-electron chi connectivity index (χ4n) is 3.26. The summed E-state index contributed by atoms with van der Waals surface area (Å²) in [6.07, 6.45) is 1.06. The Hall–Kier alpha value is -1.44. The van der Waals surface area contributed by atoms with E-state index in [1.54, 1.807) is 29.4 Å². The summed E-state index contributed by atoms with van der Waals surface area (Å²) in [7, 11) is -3.54. The monoisotopic (exact) mass is 353 g/mol. The van der Waals surface area contributed by atoms with Crippen LogP contribution in [0.25, 0.3) is 0 Å². The standard InChI is InChI=1S/C17H27N3O3S/c1-12-8-13(2)11-20(10-12)24(22,23)19-14(3)16-6-5-7-17(9-16)18-15(4)21/h5-7,9,12-14,19H,8,10-11H2,1-4H3,(H,18,21)/t12-,13-,14-/m0/s1. The second kappa shape index (κ2) is 7.63. The highest BCUT2D eigenvalue weighted by Gasteiger charge is 2.31. The van der Waals surface area contributed by atoms with Gasteiger partial charge in [0.15, 0.2) is 0 Å². The lowest BCUT2D eigenvalue weighted by Crippen LogP contribution is -2.48. The Labute approximate surface area is 144 Å². The molecule has 3 atom stereocenters. The molecular formula is C17H27N3O3S. The minimum atomic E-state index is -3.54. The molecular weight excluding hydrogens is 326 g/mol. The van der Waals surface area contributed by atoms with E-state index >= 15 is 0 Å². The summed E-state index contributed by atoms with van der Waals surface area (Å²) in [4.78, 5) is 11.2. The predicted molar refractivity (Wildman–Crippen MR) is 95.7 cm³/mol. The lowest BCUT2D eigenvalue weighted by atomic mass is 9.94. The third kappa shape index (κ3) is 5.03. The lowest BCUT2D eigenvalue weighted by molar-refractivity contribution is -0.114. The number of nitrogens with one attached hydrogen (secondary N) is 2. The summed E-state index contributed by atoms with van der Waals surface area (Å²) >= 11 is 0. The van der Waals surface area contributed by atoms with Gasteiger partial charge in [-0.1, -0.05) is 26.0 Å². The number of anilines is 1. The number of amides is 1. The van der Waals surface area contributed by atoms with Gasteiger partial charge in [-0.05, 0) is 42.9 Å². The average molecular weight is 353 g/mol. The number of benzene rings is 1. The number of hydrogen-bond donors (Lipinski definition) is 2. The molecule has 1 saturated heterocycles. The fourth-order valence-corrected chi connectivity index (χ4v) is 4.89. The first-order chi connectivity index (χ1) is 11.2. The van der Waals surface area contributed by atoms with Gasteiger partial charge in [0.2, 0.25) is 5.91 Å². The van der Waals surface area contributed by atoms with E-state index in [0.29, 0.717) is 30.6 Å². The molecule has 1 fully saturated rings. The highest BCUT2D eigenvalue weighted by atomic mass is 32.2. The SMILES string of the molecule is CC(=O)Nc1cccc([C@H](C)NS(=O)(=O)N2C[C@@H](C)C[C@H](C)C2)c1. The number of hydrogen-bond acceptors (Lipinski definition) is 3. The molecule has 1 heterocycles. The van der Waals surface area contributed by atoms with Crippen LogP contribution in [-0.2, 0) is 15.0 Å². The molecule has 0 aliphatic carbocycles. The summed E-state index contributed by atoms with van der Waals surface area (Å²) < 4.78 is 29.6. The Bertz CT molecular complexity index is 680. The largest absolute Gasteiger partial charge is 0.326 e. The van der Waals surface area contributed by atoms with E-state index in [1.807, 2.05) is 6.07 Å². The van der Waals surface area contributed by atoms with Crippen LogP contribution < -0.4 is 10.0 Å². The normalized spacial score (nSPS) is 23.7. The zero-order valence-corrected chi connectivity index (χ0v) is 15.6. The summed E-state index contributed by atoms with van der Waals surface area (Å²) in [5.74, 6) is 0.573. The van der Waals surface area contributed by atoms with Gasteiger partial charge in [0.25, 0.3) is 10.2 Å². The van der Waals surface area contributed by atoms with Crippen molar-refractivity contribution >= 4 is 21.8 Å². The molecule has 0 bridgehead atoms. The third-order valence-electron chi connectivity index (χ3n) is 4.21. The molecule has 1 aliphatic heterocycles. The summed E-state index contributed by atoms with van der Waals surface area (Å²) in [6, 6.07) is 6.84. The molecule has 1 aromatic rings. The van der Waals surface area contributed by atoms with Gasteiger partial charge in [0.05, 0.1) is 0 Å². The van der Waals surface area contributed by atoms with Crippen molar-refractivity contribution in [3.8, 4) is 0 Å². The first-order valence-corrected chi connectivity index (χ1v) is 9.76. The maximum absolute atomic E-state index is 12.7. The van der Waals surface area contributed by atoms with Crippen LogP contribution in [-0.4, -0.2) is 31.7 Å². The molecule has 0 aromatic heterocycles. The second-order valence-electron chi connectivity index (χ2n) is 6.91. The predicted octanol–water partition coefficient (Wildman–Crippen LogP) is 2.52. The third-order valence-corrected chi connectivity index (χ3v) is 5.84. The molecule has 0 unspecified atom stereocenters. The van der Waals surface area contributed by atoms with E-state index in [1.165, 1.54) is 6.92 Å². The van der Waals surface area contributed by atoms with Crippen molar-refractivity contribution in [1.29, 1.82) is 0 Å². The number of carbonyl (C=O) groups excluding carboxylic acids is 1. The van der Waals surface area contributed by atoms with Crippen molar-refractivity contribution in [2.75, 3.05) is 18.4 Å². The van der Waals surface area contributed by atoms with Gasteiger partial charge in [-0.3, -0.25) is 4.79 Å². The van der Waals surface area contributed by atoms with Crippen LogP contribution in [0.15, 0.2) is 24.3 Å². The molecule has 7 heteroatoms. The number of carbonyl (C=O) groups is 1. The fraction of sp³-hybridized carbons (Fsp3) is 0.588. The van der Waals surface area contributed by atoms with E-state index in [0.717, 1.165) is 12.0 Å². The molecule has 0 saturated carbocycles. The lowest BCUT2D eigenvalue weighted by Gasteiger charge is -2.34. The number of piperidine rings is 1. The number of rotatable bonds is 5. The highest BCUT2D eigenvalue weighted by molar-refractivity contribution is 7.87. The van der Waals surface area contributed by atoms with Gasteiger partial charge in [0.1, 0.15) is 0 Å². The van der Waals surface area contributed by atoms with E-state index in [2.05, 4.69) is 23.9 Å². The Morgan fingerprint density at radius 2 is 1.88 bits per heavy atom. The summed E-state index contributed by atoms with van der Waals surface area (Å²) in [5.41, 5.74) is 1.47. The van der Waals surface area contributed by atoms with Crippen molar-refractivity contribution in [2.24, 2.45) is 11.8 Å². The minimum absolute atomic E-state index is 0.156. The van der Waals surface area contributed by atoms with Gasteiger partial charge in [-0.2, -0.15) is 17.4 Å². The van der Waals surface area contributed by atoms with E-state index in [-0.39, 0.29) is 11.9 Å². The molecule has 1 aromatic carbocycles. The van der Waals surface area contributed by atoms with Gasteiger partial charge in [0, 0.05) is 31.7 Å². The van der Waals surface area contributed by atoms with Crippen LogP contribution in [0.1, 0.15) is 45.7 Å². The average Bonchev–Trinajstić information content (AvgIpc) is 2.45. The van der Waals surface area contributed by atoms with Gasteiger partial charge in [-0.25, -0.2) is 0 Å². The van der Waals surface area contributed by atoms with Crippen LogP contribution in [0.5, 0.6) is 0 Å². The maximum atomic E-state index is 12.7. The van der Waals surface area contributed by atoms with Crippen molar-refractivity contribution in [3.05, 3.63) is 29.8 Å². The van der Waals surface area contributed by atoms with Crippen molar-refractivity contribution in [1.82, 2.24) is 9.03 Å². The minimum Gasteiger partial charge on any atom is -0.326 e. The van der Waals surface area contributed by atoms with E-state index in [4.69, 9.17) is 0 Å². The van der Waals surface area contributed by atoms with Crippen LogP contribution in [0, 0.1) is 11.8 Å². The molecule has 1 amide bonds. The molecule has 1 aliphatic rings. The zero-order valence-electron chi connectivity index (χ0n) is 14.7. The van der Waals surface area contributed by atoms with Crippen LogP contribution in [0.4, 0.5) is 5.69 Å². The van der Waals surface area contributed by atoms with Crippen molar-refractivity contribution in [2.45, 2.75) is 40.2 Å².